The molecule has 18 heteroatoms. The van der Waals surface area contributed by atoms with Crippen molar-refractivity contribution < 1.29 is 37.7 Å². The summed E-state index contributed by atoms with van der Waals surface area (Å²) >= 11 is 7.14. The smallest absolute Gasteiger partial charge is 0.412 e. The minimum atomic E-state index is -1.25. The molecule has 1 N–H and O–H groups in total. The third kappa shape index (κ3) is 11.6. The lowest BCUT2D eigenvalue weighted by Gasteiger charge is -2.32. The number of fused-ring (bicyclic) bond motifs is 1. The van der Waals surface area contributed by atoms with Crippen LogP contribution in [0.5, 0.6) is 17.2 Å². The number of benzene rings is 4. The number of carbonyl (C=O) groups excluding carboxylic acids is 2. The number of hydrogen-bond acceptors (Lipinski definition) is 14. The van der Waals surface area contributed by atoms with Crippen molar-refractivity contribution in [1.29, 1.82) is 0 Å². The Morgan fingerprint density at radius 1 is 0.857 bits per heavy atom. The maximum absolute atomic E-state index is 14.4. The van der Waals surface area contributed by atoms with E-state index in [-0.39, 0.29) is 24.7 Å². The Bertz CT molecular complexity index is 2950. The Kier molecular flexibility index (Phi) is 15.7. The molecule has 16 nitrogen and oxygen atoms in total. The lowest BCUT2D eigenvalue weighted by atomic mass is 9.94. The predicted molar refractivity (Wildman–Crippen MR) is 265 cm³/mol. The van der Waals surface area contributed by atoms with E-state index in [9.17, 15) is 14.0 Å². The number of anilines is 1. The summed E-state index contributed by atoms with van der Waals surface area (Å²) in [5.74, 6) is 1.28. The number of methoxy groups -OCH3 is 1. The van der Waals surface area contributed by atoms with Crippen LogP contribution >= 0.6 is 11.6 Å². The summed E-state index contributed by atoms with van der Waals surface area (Å²) in [7, 11) is 6.77. The van der Waals surface area contributed by atoms with Crippen LogP contribution in [0.1, 0.15) is 23.7 Å². The molecule has 2 atom stereocenters. The van der Waals surface area contributed by atoms with Crippen molar-refractivity contribution in [2.45, 2.75) is 39.2 Å². The molecular weight excluding hydrogens is 917 g/mol. The lowest BCUT2D eigenvalue weighted by molar-refractivity contribution is -0.166. The highest BCUT2D eigenvalue weighted by Crippen LogP contribution is 2.44. The third-order valence-corrected chi connectivity index (χ3v) is 12.4. The number of nitrogens with one attached hydrogen (secondary N) is 1. The summed E-state index contributed by atoms with van der Waals surface area (Å²) in [5.41, 5.74) is 6.01. The Labute approximate surface area is 410 Å². The van der Waals surface area contributed by atoms with Crippen molar-refractivity contribution in [1.82, 2.24) is 39.3 Å². The number of hydrogen-bond donors (Lipinski definition) is 1. The van der Waals surface area contributed by atoms with E-state index < -0.39 is 24.4 Å². The number of ether oxygens (including phenoxy) is 5. The molecule has 4 heterocycles. The molecule has 364 valence electrons. The first-order valence-electron chi connectivity index (χ1n) is 22.8. The zero-order valence-electron chi connectivity index (χ0n) is 39.9. The Morgan fingerprint density at radius 2 is 1.60 bits per heavy atom. The van der Waals surface area contributed by atoms with Crippen LogP contribution in [0.3, 0.4) is 0 Å². The largest absolute Gasteiger partial charge is 0.496 e. The van der Waals surface area contributed by atoms with Gasteiger partial charge < -0.3 is 38.8 Å². The summed E-state index contributed by atoms with van der Waals surface area (Å²) in [4.78, 5) is 46.8. The van der Waals surface area contributed by atoms with Gasteiger partial charge in [-0.15, -0.1) is 0 Å². The summed E-state index contributed by atoms with van der Waals surface area (Å²) in [5, 5.41) is 8.40. The zero-order valence-corrected chi connectivity index (χ0v) is 40.7. The van der Waals surface area contributed by atoms with Gasteiger partial charge in [0.2, 0.25) is 6.29 Å². The fourth-order valence-corrected chi connectivity index (χ4v) is 8.35. The Balaban J connectivity index is 1.14. The average molecular weight is 973 g/mol. The van der Waals surface area contributed by atoms with Crippen LogP contribution < -0.4 is 19.5 Å². The molecule has 1 amide bonds. The van der Waals surface area contributed by atoms with Crippen LogP contribution in [0.15, 0.2) is 110 Å². The van der Waals surface area contributed by atoms with Crippen molar-refractivity contribution in [2.24, 2.45) is 0 Å². The van der Waals surface area contributed by atoms with Crippen LogP contribution in [-0.4, -0.2) is 131 Å². The molecule has 0 spiro atoms. The highest BCUT2D eigenvalue weighted by Gasteiger charge is 2.29. The maximum Gasteiger partial charge on any atom is 0.412 e. The van der Waals surface area contributed by atoms with E-state index in [0.29, 0.717) is 68.2 Å². The minimum Gasteiger partial charge on any atom is -0.496 e. The molecule has 7 aromatic rings. The monoisotopic (exact) mass is 971 g/mol. The summed E-state index contributed by atoms with van der Waals surface area (Å²) in [6, 6.07) is 25.4. The van der Waals surface area contributed by atoms with Crippen LogP contribution in [0.2, 0.25) is 5.02 Å². The van der Waals surface area contributed by atoms with E-state index in [2.05, 4.69) is 32.2 Å². The van der Waals surface area contributed by atoms with Crippen molar-refractivity contribution in [3.05, 3.63) is 137 Å². The van der Waals surface area contributed by atoms with E-state index in [1.165, 1.54) is 44.4 Å². The number of para-hydroxylation sites is 2. The molecule has 8 rings (SSSR count). The van der Waals surface area contributed by atoms with Gasteiger partial charge in [0.25, 0.3) is 0 Å². The standard InChI is InChI=1S/C52H55ClFN9O7/c1-33-39(19-20-45(47(33)53)67-28-27-62-25-23-61(5)24-26-62)46-41(35-15-17-37(54)18-16-35)30-63-48(46)50(56-32-57-63)59-42(51(64)69-34(2)70-52(65)60(3)4)29-36-11-7-9-13-43(36)68-31-38-21-22-55-49(58-38)40-12-8-10-14-44(40)66-6/h7-22,30,32,34,42H,23-29,31H2,1-6H3,(H,56,57,59). The first-order chi connectivity index (χ1) is 33.9. The molecular formula is C52H55ClFN9O7. The van der Waals surface area contributed by atoms with E-state index in [4.69, 9.17) is 45.3 Å². The second-order valence-corrected chi connectivity index (χ2v) is 17.4. The molecule has 1 aliphatic heterocycles. The quantitative estimate of drug-likeness (QED) is 0.0645. The molecule has 0 radical (unpaired) electrons. The van der Waals surface area contributed by atoms with Gasteiger partial charge in [-0.3, -0.25) is 4.90 Å². The topological polar surface area (TPSA) is 158 Å². The predicted octanol–water partition coefficient (Wildman–Crippen LogP) is 8.45. The van der Waals surface area contributed by atoms with E-state index in [1.807, 2.05) is 67.7 Å². The zero-order chi connectivity index (χ0) is 49.3. The first kappa shape index (κ1) is 49.1. The molecule has 2 unspecified atom stereocenters. The average Bonchev–Trinajstić information content (AvgIpc) is 3.75. The molecule has 0 saturated carbocycles. The number of piperazine rings is 1. The van der Waals surface area contributed by atoms with Crippen molar-refractivity contribution in [3.63, 3.8) is 0 Å². The number of likely N-dealkylation sites (N-methyl/N-ethyl adjacent to an activating group) is 1. The van der Waals surface area contributed by atoms with E-state index in [0.717, 1.165) is 49.4 Å². The number of halogens is 2. The lowest BCUT2D eigenvalue weighted by Crippen LogP contribution is -2.45. The third-order valence-electron chi connectivity index (χ3n) is 12.0. The second-order valence-electron chi connectivity index (χ2n) is 17.0. The fourth-order valence-electron chi connectivity index (χ4n) is 8.13. The molecule has 3 aromatic heterocycles. The van der Waals surface area contributed by atoms with Gasteiger partial charge in [0.1, 0.15) is 54.2 Å². The number of esters is 1. The number of nitrogens with zero attached hydrogens (tertiary/aromatic N) is 8. The maximum atomic E-state index is 14.4. The molecule has 0 bridgehead atoms. The summed E-state index contributed by atoms with van der Waals surface area (Å²) in [6.45, 7) is 8.63. The number of amides is 1. The van der Waals surface area contributed by atoms with Crippen LogP contribution in [0.25, 0.3) is 39.2 Å². The Morgan fingerprint density at radius 3 is 2.36 bits per heavy atom. The van der Waals surface area contributed by atoms with E-state index in [1.54, 1.807) is 42.1 Å². The molecule has 70 heavy (non-hydrogen) atoms. The highest BCUT2D eigenvalue weighted by atomic mass is 35.5. The van der Waals surface area contributed by atoms with Gasteiger partial charge in [-0.2, -0.15) is 5.10 Å². The number of rotatable bonds is 18. The van der Waals surface area contributed by atoms with Crippen molar-refractivity contribution in [3.8, 4) is 50.9 Å². The van der Waals surface area contributed by atoms with Crippen LogP contribution in [0, 0.1) is 12.7 Å². The van der Waals surface area contributed by atoms with Crippen molar-refractivity contribution in [2.75, 3.05) is 72.9 Å². The normalized spacial score (nSPS) is 13.9. The first-order valence-corrected chi connectivity index (χ1v) is 23.2. The molecule has 1 saturated heterocycles. The molecule has 1 fully saturated rings. The van der Waals surface area contributed by atoms with Gasteiger partial charge in [0, 0.05) is 83.7 Å². The van der Waals surface area contributed by atoms with Crippen LogP contribution in [-0.2, 0) is 27.3 Å². The Hall–Kier alpha value is -7.34. The number of aromatic nitrogens is 5. The SMILES string of the molecule is COc1ccccc1-c1nccc(COc2ccccc2CC(Nc2ncnn3cc(-c4ccc(F)cc4)c(-c4ccc(OCCN5CCN(C)CC5)c(Cl)c4C)c23)C(=O)OC(C)OC(=O)N(C)C)n1. The van der Waals surface area contributed by atoms with Crippen LogP contribution in [0.4, 0.5) is 15.0 Å². The number of carbonyl (C=O) groups is 2. The van der Waals surface area contributed by atoms with E-state index >= 15 is 0 Å². The molecule has 4 aromatic carbocycles. The van der Waals surface area contributed by atoms with Gasteiger partial charge in [0.15, 0.2) is 11.6 Å². The van der Waals surface area contributed by atoms with Gasteiger partial charge in [-0.25, -0.2) is 33.4 Å². The fraction of sp³-hybridized carbons (Fsp3) is 0.308. The summed E-state index contributed by atoms with van der Waals surface area (Å²) in [6.07, 6.45) is 2.94. The van der Waals surface area contributed by atoms with Gasteiger partial charge in [-0.05, 0) is 78.7 Å². The molecule has 0 aliphatic carbocycles. The van der Waals surface area contributed by atoms with Crippen molar-refractivity contribution >= 4 is 35.0 Å². The minimum absolute atomic E-state index is 0.0294. The van der Waals surface area contributed by atoms with Gasteiger partial charge in [0.05, 0.1) is 23.4 Å². The summed E-state index contributed by atoms with van der Waals surface area (Å²) < 4.78 is 45.4. The van der Waals surface area contributed by atoms with Gasteiger partial charge >= 0.3 is 12.1 Å². The van der Waals surface area contributed by atoms with Gasteiger partial charge in [-0.1, -0.05) is 60.1 Å². The highest BCUT2D eigenvalue weighted by molar-refractivity contribution is 6.33. The second kappa shape index (κ2) is 22.4. The molecule has 1 aliphatic rings.